The van der Waals surface area contributed by atoms with Gasteiger partial charge in [0.1, 0.15) is 0 Å². The summed E-state index contributed by atoms with van der Waals surface area (Å²) in [5, 5.41) is 12.6. The molecule has 1 heterocycles. The number of hydrogen-bond acceptors (Lipinski definition) is 3. The zero-order valence-corrected chi connectivity index (χ0v) is 16.6. The number of hydrogen-bond donors (Lipinski definition) is 2. The number of amides is 1. The second-order valence-corrected chi connectivity index (χ2v) is 7.09. The number of carbonyl (C=O) groups excluding carboxylic acids is 2. The van der Waals surface area contributed by atoms with Crippen molar-refractivity contribution in [2.45, 2.75) is 26.7 Å². The molecule has 2 aromatic carbocycles. The fourth-order valence-electron chi connectivity index (χ4n) is 3.27. The van der Waals surface area contributed by atoms with Crippen molar-refractivity contribution in [3.63, 3.8) is 0 Å². The molecule has 0 spiro atoms. The van der Waals surface area contributed by atoms with Crippen LogP contribution in [0.2, 0.25) is 5.02 Å². The van der Waals surface area contributed by atoms with Crippen molar-refractivity contribution in [1.82, 2.24) is 9.88 Å². The van der Waals surface area contributed by atoms with Gasteiger partial charge in [-0.15, -0.1) is 0 Å². The highest BCUT2D eigenvalue weighted by atomic mass is 35.5. The number of fused-ring (bicyclic) bond motifs is 1. The van der Waals surface area contributed by atoms with Gasteiger partial charge in [0.25, 0.3) is 5.91 Å². The molecule has 2 N–H and O–H groups in total. The highest BCUT2D eigenvalue weighted by Gasteiger charge is 2.27. The van der Waals surface area contributed by atoms with Gasteiger partial charge in [-0.1, -0.05) is 24.6 Å². The van der Waals surface area contributed by atoms with Crippen LogP contribution in [0.4, 0.5) is 8.78 Å². The van der Waals surface area contributed by atoms with Gasteiger partial charge in [-0.2, -0.15) is 0 Å². The molecular formula is C21H19ClF2N2O3. The van der Waals surface area contributed by atoms with Gasteiger partial charge >= 0.3 is 0 Å². The summed E-state index contributed by atoms with van der Waals surface area (Å²) in [6, 6.07) is 7.04. The van der Waals surface area contributed by atoms with Crippen LogP contribution in [0.3, 0.4) is 0 Å². The third-order valence-electron chi connectivity index (χ3n) is 4.67. The van der Waals surface area contributed by atoms with E-state index in [0.29, 0.717) is 11.6 Å². The van der Waals surface area contributed by atoms with Crippen molar-refractivity contribution in [3.05, 3.63) is 63.8 Å². The van der Waals surface area contributed by atoms with E-state index in [1.54, 1.807) is 19.1 Å². The van der Waals surface area contributed by atoms with Crippen LogP contribution in [0, 0.1) is 18.6 Å². The second kappa shape index (κ2) is 8.21. The van der Waals surface area contributed by atoms with E-state index in [1.807, 2.05) is 6.92 Å². The summed E-state index contributed by atoms with van der Waals surface area (Å²) < 4.78 is 30.0. The standard InChI is InChI=1S/C21H19ClF2N2O3/c1-3-7-25-17(27)9-14-11(2)26(21(29)12-5-4-6-13(22)8-12)16-10-15(23)20(28)19(24)18(14)16/h4-6,8,10,28H,3,7,9H2,1-2H3,(H,25,27). The topological polar surface area (TPSA) is 71.3 Å². The Balaban J connectivity index is 2.23. The van der Waals surface area contributed by atoms with Crippen molar-refractivity contribution in [2.75, 3.05) is 6.54 Å². The molecule has 0 saturated heterocycles. The maximum Gasteiger partial charge on any atom is 0.262 e. The van der Waals surface area contributed by atoms with E-state index < -0.39 is 23.3 Å². The second-order valence-electron chi connectivity index (χ2n) is 6.66. The Morgan fingerprint density at radius 2 is 1.97 bits per heavy atom. The van der Waals surface area contributed by atoms with Crippen molar-refractivity contribution in [3.8, 4) is 5.75 Å². The number of halogens is 3. The number of nitrogens with one attached hydrogen (secondary N) is 1. The highest BCUT2D eigenvalue weighted by molar-refractivity contribution is 6.31. The number of aromatic hydroxyl groups is 1. The predicted molar refractivity (Wildman–Crippen MR) is 106 cm³/mol. The van der Waals surface area contributed by atoms with Gasteiger partial charge in [-0.3, -0.25) is 14.2 Å². The maximum atomic E-state index is 14.8. The van der Waals surface area contributed by atoms with Gasteiger partial charge in [-0.05, 0) is 37.1 Å². The van der Waals surface area contributed by atoms with Crippen LogP contribution in [0.25, 0.3) is 10.9 Å². The Morgan fingerprint density at radius 3 is 2.62 bits per heavy atom. The van der Waals surface area contributed by atoms with Crippen LogP contribution in [0.1, 0.15) is 35.0 Å². The Bertz CT molecular complexity index is 1130. The molecule has 1 aromatic heterocycles. The van der Waals surface area contributed by atoms with E-state index in [9.17, 15) is 23.5 Å². The third kappa shape index (κ3) is 3.82. The van der Waals surface area contributed by atoms with Gasteiger partial charge in [0.2, 0.25) is 5.91 Å². The monoisotopic (exact) mass is 420 g/mol. The molecule has 1 amide bonds. The minimum absolute atomic E-state index is 0.0708. The molecule has 0 aliphatic heterocycles. The van der Waals surface area contributed by atoms with E-state index in [2.05, 4.69) is 5.32 Å². The van der Waals surface area contributed by atoms with Gasteiger partial charge in [0.05, 0.1) is 11.9 Å². The van der Waals surface area contributed by atoms with Gasteiger partial charge in [0, 0.05) is 34.3 Å². The lowest BCUT2D eigenvalue weighted by molar-refractivity contribution is -0.120. The van der Waals surface area contributed by atoms with Crippen LogP contribution in [-0.4, -0.2) is 28.0 Å². The zero-order valence-electron chi connectivity index (χ0n) is 15.9. The van der Waals surface area contributed by atoms with Crippen molar-refractivity contribution in [1.29, 1.82) is 0 Å². The number of phenolic OH excluding ortho intramolecular Hbond substituents is 1. The zero-order chi connectivity index (χ0) is 21.3. The van der Waals surface area contributed by atoms with E-state index >= 15 is 0 Å². The fourth-order valence-corrected chi connectivity index (χ4v) is 3.46. The number of rotatable bonds is 5. The van der Waals surface area contributed by atoms with Crippen LogP contribution >= 0.6 is 11.6 Å². The molecule has 0 bridgehead atoms. The summed E-state index contributed by atoms with van der Waals surface area (Å²) in [4.78, 5) is 25.4. The van der Waals surface area contributed by atoms with Crippen LogP contribution in [-0.2, 0) is 11.2 Å². The lowest BCUT2D eigenvalue weighted by atomic mass is 10.1. The minimum Gasteiger partial charge on any atom is -0.503 e. The average molecular weight is 421 g/mol. The minimum atomic E-state index is -1.21. The fraction of sp³-hybridized carbons (Fsp3) is 0.238. The molecule has 0 radical (unpaired) electrons. The van der Waals surface area contributed by atoms with Gasteiger partial charge in [-0.25, -0.2) is 8.78 Å². The smallest absolute Gasteiger partial charge is 0.262 e. The molecular weight excluding hydrogens is 402 g/mol. The lowest BCUT2D eigenvalue weighted by Crippen LogP contribution is -2.26. The van der Waals surface area contributed by atoms with E-state index in [0.717, 1.165) is 17.1 Å². The Kier molecular flexibility index (Phi) is 5.88. The van der Waals surface area contributed by atoms with E-state index in [1.165, 1.54) is 12.1 Å². The van der Waals surface area contributed by atoms with Gasteiger partial charge in [0.15, 0.2) is 17.4 Å². The number of nitrogens with zero attached hydrogens (tertiary/aromatic N) is 1. The summed E-state index contributed by atoms with van der Waals surface area (Å²) in [7, 11) is 0. The lowest BCUT2D eigenvalue weighted by Gasteiger charge is -2.08. The van der Waals surface area contributed by atoms with Crippen LogP contribution < -0.4 is 5.32 Å². The van der Waals surface area contributed by atoms with E-state index in [-0.39, 0.29) is 40.1 Å². The number of carbonyl (C=O) groups is 2. The molecule has 5 nitrogen and oxygen atoms in total. The third-order valence-corrected chi connectivity index (χ3v) is 4.91. The first-order valence-corrected chi connectivity index (χ1v) is 9.41. The quantitative estimate of drug-likeness (QED) is 0.644. The molecule has 3 rings (SSSR count). The highest BCUT2D eigenvalue weighted by Crippen LogP contribution is 2.35. The number of aromatic nitrogens is 1. The van der Waals surface area contributed by atoms with E-state index in [4.69, 9.17) is 11.6 Å². The molecule has 8 heteroatoms. The van der Waals surface area contributed by atoms with Gasteiger partial charge < -0.3 is 10.4 Å². The molecule has 29 heavy (non-hydrogen) atoms. The molecule has 0 atom stereocenters. The summed E-state index contributed by atoms with van der Waals surface area (Å²) in [6.45, 7) is 3.88. The molecule has 0 fully saturated rings. The normalized spacial score (nSPS) is 11.1. The first-order chi connectivity index (χ1) is 13.8. The first-order valence-electron chi connectivity index (χ1n) is 9.04. The first kappa shape index (κ1) is 20.8. The largest absolute Gasteiger partial charge is 0.503 e. The van der Waals surface area contributed by atoms with Crippen molar-refractivity contribution >= 4 is 34.3 Å². The average Bonchev–Trinajstić information content (AvgIpc) is 2.95. The SMILES string of the molecule is CCCNC(=O)Cc1c(C)n(C(=O)c2cccc(Cl)c2)c2cc(F)c(O)c(F)c12. The Hall–Kier alpha value is -2.93. The summed E-state index contributed by atoms with van der Waals surface area (Å²) in [6.07, 6.45) is 0.500. The molecule has 0 aliphatic carbocycles. The van der Waals surface area contributed by atoms with Crippen LogP contribution in [0.15, 0.2) is 30.3 Å². The molecule has 152 valence electrons. The summed E-state index contributed by atoms with van der Waals surface area (Å²) >= 11 is 5.96. The van der Waals surface area contributed by atoms with Crippen molar-refractivity contribution < 1.29 is 23.5 Å². The summed E-state index contributed by atoms with van der Waals surface area (Å²) in [5.41, 5.74) is 0.629. The van der Waals surface area contributed by atoms with Crippen LogP contribution in [0.5, 0.6) is 5.75 Å². The maximum absolute atomic E-state index is 14.8. The Labute approximate surface area is 170 Å². The molecule has 0 aliphatic rings. The number of benzene rings is 2. The van der Waals surface area contributed by atoms with Crippen molar-refractivity contribution in [2.24, 2.45) is 0 Å². The molecule has 0 saturated carbocycles. The number of phenols is 1. The molecule has 3 aromatic rings. The predicted octanol–water partition coefficient (Wildman–Crippen LogP) is 4.34. The Morgan fingerprint density at radius 1 is 1.24 bits per heavy atom. The summed E-state index contributed by atoms with van der Waals surface area (Å²) in [5.74, 6) is -4.49. The molecule has 0 unspecified atom stereocenters.